The molecule has 2 amide bonds. The van der Waals surface area contributed by atoms with E-state index in [1.165, 1.54) is 12.1 Å². The summed E-state index contributed by atoms with van der Waals surface area (Å²) < 4.78 is 13.3. The van der Waals surface area contributed by atoms with Crippen molar-refractivity contribution in [2.75, 3.05) is 33.7 Å². The van der Waals surface area contributed by atoms with Crippen molar-refractivity contribution in [3.8, 4) is 0 Å². The summed E-state index contributed by atoms with van der Waals surface area (Å²) in [5.74, 6) is -1.03. The summed E-state index contributed by atoms with van der Waals surface area (Å²) in [4.78, 5) is 24.5. The molecule has 1 aromatic carbocycles. The molecule has 0 saturated carbocycles. The van der Waals surface area contributed by atoms with E-state index in [1.807, 2.05) is 19.0 Å². The topological polar surface area (TPSA) is 87.5 Å². The van der Waals surface area contributed by atoms with Gasteiger partial charge in [-0.1, -0.05) is 12.1 Å². The predicted octanol–water partition coefficient (Wildman–Crippen LogP) is 0.463. The number of carbonyl (C=O) groups is 2. The lowest BCUT2D eigenvalue weighted by atomic mass is 10.1. The molecule has 0 radical (unpaired) electrons. The number of carbonyl (C=O) groups excluding carboxylic acids is 2. The Kier molecular flexibility index (Phi) is 12.5. The van der Waals surface area contributed by atoms with Gasteiger partial charge in [0.2, 0.25) is 11.8 Å². The number of nitrogens with one attached hydrogen (secondary N) is 2. The number of amides is 2. The minimum absolute atomic E-state index is 0. The number of nitrogens with two attached hydrogens (primary N) is 1. The van der Waals surface area contributed by atoms with Gasteiger partial charge in [0.15, 0.2) is 0 Å². The molecule has 1 atom stereocenters. The zero-order valence-electron chi connectivity index (χ0n) is 13.0. The fourth-order valence-electron chi connectivity index (χ4n) is 1.84. The van der Waals surface area contributed by atoms with Crippen molar-refractivity contribution in [2.45, 2.75) is 6.04 Å². The summed E-state index contributed by atoms with van der Waals surface area (Å²) in [5, 5.41) is 5.09. The zero-order chi connectivity index (χ0) is 15.8. The van der Waals surface area contributed by atoms with E-state index in [0.29, 0.717) is 6.54 Å². The lowest BCUT2D eigenvalue weighted by Gasteiger charge is -2.25. The first kappa shape index (κ1) is 23.9. The van der Waals surface area contributed by atoms with Crippen LogP contribution in [0.1, 0.15) is 11.6 Å². The van der Waals surface area contributed by atoms with E-state index >= 15 is 0 Å². The number of hydrogen-bond acceptors (Lipinski definition) is 4. The summed E-state index contributed by atoms with van der Waals surface area (Å²) in [6, 6.07) is 6.08. The smallest absolute Gasteiger partial charge is 0.239 e. The average Bonchev–Trinajstić information content (AvgIpc) is 2.44. The molecule has 0 aliphatic heterocycles. The number of benzene rings is 1. The molecule has 0 bridgehead atoms. The van der Waals surface area contributed by atoms with Gasteiger partial charge in [-0.2, -0.15) is 0 Å². The number of nitrogens with zero attached hydrogens (tertiary/aromatic N) is 1. The second kappa shape index (κ2) is 12.1. The molecule has 4 N–H and O–H groups in total. The van der Waals surface area contributed by atoms with Crippen LogP contribution in [0.5, 0.6) is 0 Å². The van der Waals surface area contributed by atoms with Gasteiger partial charge >= 0.3 is 0 Å². The second-order valence-electron chi connectivity index (χ2n) is 4.82. The summed E-state index contributed by atoms with van der Waals surface area (Å²) in [7, 11) is 3.69. The van der Waals surface area contributed by atoms with Gasteiger partial charge in [0, 0.05) is 6.54 Å². The first-order valence-corrected chi connectivity index (χ1v) is 6.59. The fourth-order valence-corrected chi connectivity index (χ4v) is 1.84. The Hall–Kier alpha value is -1.41. The van der Waals surface area contributed by atoms with Crippen molar-refractivity contribution in [3.05, 3.63) is 35.6 Å². The third kappa shape index (κ3) is 8.71. The highest BCUT2D eigenvalue weighted by molar-refractivity contribution is 5.86. The summed E-state index contributed by atoms with van der Waals surface area (Å²) in [5.41, 5.74) is 5.89. The predicted molar refractivity (Wildman–Crippen MR) is 92.4 cm³/mol. The van der Waals surface area contributed by atoms with Gasteiger partial charge in [-0.25, -0.2) is 4.39 Å². The minimum Gasteiger partial charge on any atom is -0.353 e. The molecule has 0 heterocycles. The lowest BCUT2D eigenvalue weighted by Crippen LogP contribution is -2.42. The molecule has 0 spiro atoms. The number of likely N-dealkylation sites (N-methyl/N-ethyl adjacent to an activating group) is 1. The van der Waals surface area contributed by atoms with E-state index in [9.17, 15) is 14.0 Å². The van der Waals surface area contributed by atoms with Crippen LogP contribution >= 0.6 is 24.8 Å². The maximum atomic E-state index is 13.3. The van der Waals surface area contributed by atoms with E-state index in [1.54, 1.807) is 12.1 Å². The third-order valence-electron chi connectivity index (χ3n) is 2.98. The SMILES string of the molecule is CN(C)C(CNC(=O)CNC(=O)CN)c1cccc(F)c1.Cl.Cl. The van der Waals surface area contributed by atoms with Gasteiger partial charge in [0.25, 0.3) is 0 Å². The molecular weight excluding hydrogens is 346 g/mol. The molecule has 0 saturated heterocycles. The van der Waals surface area contributed by atoms with Gasteiger partial charge in [0.05, 0.1) is 19.1 Å². The van der Waals surface area contributed by atoms with Gasteiger partial charge < -0.3 is 21.3 Å². The molecular formula is C14H23Cl2FN4O2. The van der Waals surface area contributed by atoms with Crippen molar-refractivity contribution >= 4 is 36.6 Å². The summed E-state index contributed by atoms with van der Waals surface area (Å²) >= 11 is 0. The third-order valence-corrected chi connectivity index (χ3v) is 2.98. The first-order chi connectivity index (χ1) is 9.93. The van der Waals surface area contributed by atoms with Crippen molar-refractivity contribution in [2.24, 2.45) is 5.73 Å². The Balaban J connectivity index is 0. The highest BCUT2D eigenvalue weighted by Gasteiger charge is 2.16. The number of hydrogen-bond donors (Lipinski definition) is 3. The Morgan fingerprint density at radius 1 is 1.22 bits per heavy atom. The van der Waals surface area contributed by atoms with Crippen LogP contribution in [0.15, 0.2) is 24.3 Å². The maximum absolute atomic E-state index is 13.3. The highest BCUT2D eigenvalue weighted by Crippen LogP contribution is 2.18. The average molecular weight is 369 g/mol. The van der Waals surface area contributed by atoms with E-state index in [-0.39, 0.29) is 61.6 Å². The summed E-state index contributed by atoms with van der Waals surface area (Å²) in [6.07, 6.45) is 0. The molecule has 0 aromatic heterocycles. The van der Waals surface area contributed by atoms with Gasteiger partial charge in [0.1, 0.15) is 5.82 Å². The van der Waals surface area contributed by atoms with Crippen LogP contribution in [0.3, 0.4) is 0 Å². The van der Waals surface area contributed by atoms with E-state index in [4.69, 9.17) is 5.73 Å². The van der Waals surface area contributed by atoms with Gasteiger partial charge in [-0.15, -0.1) is 24.8 Å². The monoisotopic (exact) mass is 368 g/mol. The Morgan fingerprint density at radius 2 is 1.87 bits per heavy atom. The lowest BCUT2D eigenvalue weighted by molar-refractivity contribution is -0.125. The Labute approximate surface area is 147 Å². The van der Waals surface area contributed by atoms with Gasteiger partial charge in [-0.05, 0) is 31.8 Å². The molecule has 1 rings (SSSR count). The normalized spacial score (nSPS) is 11.0. The Morgan fingerprint density at radius 3 is 2.39 bits per heavy atom. The first-order valence-electron chi connectivity index (χ1n) is 6.59. The van der Waals surface area contributed by atoms with Crippen LogP contribution in [-0.2, 0) is 9.59 Å². The van der Waals surface area contributed by atoms with E-state index in [2.05, 4.69) is 10.6 Å². The van der Waals surface area contributed by atoms with Crippen LogP contribution in [0.2, 0.25) is 0 Å². The molecule has 0 aliphatic carbocycles. The van der Waals surface area contributed by atoms with Crippen molar-refractivity contribution in [1.29, 1.82) is 0 Å². The molecule has 132 valence electrons. The van der Waals surface area contributed by atoms with E-state index < -0.39 is 0 Å². The molecule has 6 nitrogen and oxygen atoms in total. The van der Waals surface area contributed by atoms with Crippen molar-refractivity contribution in [3.63, 3.8) is 0 Å². The van der Waals surface area contributed by atoms with Crippen LogP contribution in [0, 0.1) is 5.82 Å². The van der Waals surface area contributed by atoms with Crippen molar-refractivity contribution in [1.82, 2.24) is 15.5 Å². The van der Waals surface area contributed by atoms with Crippen LogP contribution in [0.4, 0.5) is 4.39 Å². The molecule has 1 unspecified atom stereocenters. The maximum Gasteiger partial charge on any atom is 0.239 e. The largest absolute Gasteiger partial charge is 0.353 e. The molecule has 0 fully saturated rings. The molecule has 0 aliphatic rings. The van der Waals surface area contributed by atoms with Crippen LogP contribution in [-0.4, -0.2) is 50.4 Å². The number of halogens is 3. The second-order valence-corrected chi connectivity index (χ2v) is 4.82. The quantitative estimate of drug-likeness (QED) is 0.652. The fraction of sp³-hybridized carbons (Fsp3) is 0.429. The number of rotatable bonds is 7. The highest BCUT2D eigenvalue weighted by atomic mass is 35.5. The molecule has 9 heteroatoms. The minimum atomic E-state index is -0.389. The van der Waals surface area contributed by atoms with Crippen molar-refractivity contribution < 1.29 is 14.0 Å². The van der Waals surface area contributed by atoms with Crippen LogP contribution < -0.4 is 16.4 Å². The van der Waals surface area contributed by atoms with Crippen LogP contribution in [0.25, 0.3) is 0 Å². The molecule has 23 heavy (non-hydrogen) atoms. The van der Waals surface area contributed by atoms with E-state index in [0.717, 1.165) is 5.56 Å². The molecule has 1 aromatic rings. The summed E-state index contributed by atoms with van der Waals surface area (Å²) in [6.45, 7) is 0.0318. The Bertz CT molecular complexity index is 503. The van der Waals surface area contributed by atoms with Gasteiger partial charge in [-0.3, -0.25) is 9.59 Å². The zero-order valence-corrected chi connectivity index (χ0v) is 14.7. The standard InChI is InChI=1S/C14H21FN4O2.2ClH/c1-19(2)12(10-4-3-5-11(15)6-10)8-17-14(21)9-18-13(20)7-16;;/h3-6,12H,7-9,16H2,1-2H3,(H,17,21)(H,18,20);2*1H.